The Labute approximate surface area is 133 Å². The molecule has 2 aromatic carbocycles. The lowest BCUT2D eigenvalue weighted by Crippen LogP contribution is -2.37. The number of carbonyl (C=O) groups excluding carboxylic acids is 2. The zero-order valence-corrected chi connectivity index (χ0v) is 12.8. The summed E-state index contributed by atoms with van der Waals surface area (Å²) in [5, 5.41) is 0. The number of carbonyl (C=O) groups is 2. The molecule has 0 aliphatic rings. The van der Waals surface area contributed by atoms with Gasteiger partial charge in [0.15, 0.2) is 4.87 Å². The van der Waals surface area contributed by atoms with Crippen molar-refractivity contribution >= 4 is 34.8 Å². The predicted octanol–water partition coefficient (Wildman–Crippen LogP) is 3.94. The van der Waals surface area contributed by atoms with Crippen molar-refractivity contribution in [3.05, 3.63) is 71.8 Å². The summed E-state index contributed by atoms with van der Waals surface area (Å²) in [5.41, 5.74) is 1.15. The summed E-state index contributed by atoms with van der Waals surface area (Å²) < 4.78 is 0. The molecule has 0 fully saturated rings. The van der Waals surface area contributed by atoms with Crippen molar-refractivity contribution in [3.63, 3.8) is 0 Å². The molecule has 21 heavy (non-hydrogen) atoms. The maximum atomic E-state index is 12.6. The summed E-state index contributed by atoms with van der Waals surface area (Å²) in [6.07, 6.45) is -0.0193. The Kier molecular flexibility index (Phi) is 5.16. The summed E-state index contributed by atoms with van der Waals surface area (Å²) in [6.45, 7) is 0. The summed E-state index contributed by atoms with van der Waals surface area (Å²) in [6, 6.07) is 17.8. The topological polar surface area (TPSA) is 34.1 Å². The third-order valence-corrected chi connectivity index (χ3v) is 4.03. The van der Waals surface area contributed by atoms with Crippen molar-refractivity contribution in [2.45, 2.75) is 11.3 Å². The maximum Gasteiger partial charge on any atom is 0.228 e. The summed E-state index contributed by atoms with van der Waals surface area (Å²) in [4.78, 5) is 23.1. The average Bonchev–Trinajstić information content (AvgIpc) is 2.55. The minimum atomic E-state index is -1.51. The molecule has 0 saturated heterocycles. The van der Waals surface area contributed by atoms with E-state index >= 15 is 0 Å². The summed E-state index contributed by atoms with van der Waals surface area (Å²) in [7, 11) is 0. The third kappa shape index (κ3) is 3.17. The highest BCUT2D eigenvalue weighted by molar-refractivity contribution is 6.53. The van der Waals surface area contributed by atoms with Crippen LogP contribution in [0.5, 0.6) is 0 Å². The van der Waals surface area contributed by atoms with Crippen LogP contribution in [0.3, 0.4) is 0 Å². The highest BCUT2D eigenvalue weighted by Gasteiger charge is 2.42. The van der Waals surface area contributed by atoms with Gasteiger partial charge >= 0.3 is 0 Å². The Bertz CT molecular complexity index is 584. The van der Waals surface area contributed by atoms with Crippen LogP contribution in [0.2, 0.25) is 0 Å². The van der Waals surface area contributed by atoms with Gasteiger partial charge in [0.2, 0.25) is 11.6 Å². The molecule has 0 bridgehead atoms. The number of Topliss-reactive ketones (excluding diaryl/α,β-unsaturated/α-hetero) is 2. The van der Waals surface area contributed by atoms with Crippen LogP contribution < -0.4 is 0 Å². The van der Waals surface area contributed by atoms with Crippen LogP contribution >= 0.6 is 23.2 Å². The number of halogens is 2. The van der Waals surface area contributed by atoms with E-state index < -0.39 is 16.4 Å². The zero-order valence-electron chi connectivity index (χ0n) is 11.3. The lowest BCUT2D eigenvalue weighted by atomic mass is 9.84. The van der Waals surface area contributed by atoms with E-state index in [0.29, 0.717) is 11.1 Å². The van der Waals surface area contributed by atoms with Crippen molar-refractivity contribution in [1.82, 2.24) is 0 Å². The predicted molar refractivity (Wildman–Crippen MR) is 84.9 cm³/mol. The molecule has 0 heterocycles. The van der Waals surface area contributed by atoms with Gasteiger partial charge in [0.1, 0.15) is 0 Å². The molecule has 0 unspecified atom stereocenters. The first-order valence-electron chi connectivity index (χ1n) is 6.54. The largest absolute Gasteiger partial charge is 0.291 e. The molecule has 0 radical (unpaired) electrons. The van der Waals surface area contributed by atoms with E-state index in [1.807, 2.05) is 12.1 Å². The van der Waals surface area contributed by atoms with Gasteiger partial charge in [-0.25, -0.2) is 0 Å². The normalized spacial score (nSPS) is 11.1. The van der Waals surface area contributed by atoms with Crippen LogP contribution in [0.25, 0.3) is 0 Å². The quantitative estimate of drug-likeness (QED) is 0.597. The number of ketones is 2. The number of rotatable bonds is 6. The van der Waals surface area contributed by atoms with Crippen LogP contribution in [-0.4, -0.2) is 17.4 Å². The minimum absolute atomic E-state index is 0.0193. The molecule has 0 aliphatic carbocycles. The Balaban J connectivity index is 2.55. The Hall–Kier alpha value is -1.64. The Morgan fingerprint density at radius 2 is 1.29 bits per heavy atom. The van der Waals surface area contributed by atoms with E-state index in [-0.39, 0.29) is 12.3 Å². The zero-order chi connectivity index (χ0) is 15.3. The molecule has 108 valence electrons. The van der Waals surface area contributed by atoms with Crippen molar-refractivity contribution in [3.8, 4) is 0 Å². The number of hydrogen-bond acceptors (Lipinski definition) is 2. The van der Waals surface area contributed by atoms with Crippen molar-refractivity contribution in [2.75, 3.05) is 5.88 Å². The van der Waals surface area contributed by atoms with E-state index in [4.69, 9.17) is 23.2 Å². The van der Waals surface area contributed by atoms with Crippen LogP contribution in [0, 0.1) is 0 Å². The van der Waals surface area contributed by atoms with Gasteiger partial charge in [-0.05, 0) is 11.1 Å². The van der Waals surface area contributed by atoms with Crippen LogP contribution in [0.4, 0.5) is 0 Å². The fourth-order valence-electron chi connectivity index (χ4n) is 2.16. The third-order valence-electron chi connectivity index (χ3n) is 3.23. The molecule has 2 aromatic rings. The molecule has 0 N–H and O–H groups in total. The van der Waals surface area contributed by atoms with Gasteiger partial charge in [0, 0.05) is 12.3 Å². The minimum Gasteiger partial charge on any atom is -0.291 e. The second kappa shape index (κ2) is 6.88. The number of alkyl halides is 2. The van der Waals surface area contributed by atoms with Gasteiger partial charge in [-0.3, -0.25) is 9.59 Å². The molecule has 0 spiro atoms. The molecule has 0 saturated carbocycles. The second-order valence-corrected chi connectivity index (χ2v) is 5.53. The fourth-order valence-corrected chi connectivity index (χ4v) is 2.68. The first-order valence-corrected chi connectivity index (χ1v) is 7.45. The standard InChI is InChI=1S/C17H14Cl2O2/c18-12-11-15(20)16(21)17(19,13-7-3-1-4-8-13)14-9-5-2-6-10-14/h1-10H,11-12H2. The highest BCUT2D eigenvalue weighted by Crippen LogP contribution is 2.38. The molecule has 0 atom stereocenters. The van der Waals surface area contributed by atoms with Gasteiger partial charge in [-0.15, -0.1) is 11.6 Å². The van der Waals surface area contributed by atoms with E-state index in [0.717, 1.165) is 0 Å². The molecular weight excluding hydrogens is 307 g/mol. The van der Waals surface area contributed by atoms with E-state index in [1.54, 1.807) is 48.5 Å². The highest BCUT2D eigenvalue weighted by atomic mass is 35.5. The van der Waals surface area contributed by atoms with E-state index in [1.165, 1.54) is 0 Å². The van der Waals surface area contributed by atoms with Crippen molar-refractivity contribution in [1.29, 1.82) is 0 Å². The number of hydrogen-bond donors (Lipinski definition) is 0. The van der Waals surface area contributed by atoms with Crippen molar-refractivity contribution < 1.29 is 9.59 Å². The first kappa shape index (κ1) is 15.7. The van der Waals surface area contributed by atoms with Gasteiger partial charge < -0.3 is 0 Å². The molecule has 0 amide bonds. The molecule has 0 aromatic heterocycles. The lowest BCUT2D eigenvalue weighted by molar-refractivity contribution is -0.137. The van der Waals surface area contributed by atoms with Gasteiger partial charge in [0.25, 0.3) is 0 Å². The van der Waals surface area contributed by atoms with Gasteiger partial charge in [-0.1, -0.05) is 72.3 Å². The second-order valence-electron chi connectivity index (χ2n) is 4.58. The molecular formula is C17H14Cl2O2. The lowest BCUT2D eigenvalue weighted by Gasteiger charge is -2.26. The number of benzene rings is 2. The molecule has 0 aliphatic heterocycles. The van der Waals surface area contributed by atoms with Gasteiger partial charge in [0.05, 0.1) is 0 Å². The molecule has 2 nitrogen and oxygen atoms in total. The van der Waals surface area contributed by atoms with Crippen LogP contribution in [0.15, 0.2) is 60.7 Å². The SMILES string of the molecule is O=C(CCCl)C(=O)C(Cl)(c1ccccc1)c1ccccc1. The van der Waals surface area contributed by atoms with Crippen LogP contribution in [0.1, 0.15) is 17.5 Å². The van der Waals surface area contributed by atoms with E-state index in [2.05, 4.69) is 0 Å². The van der Waals surface area contributed by atoms with Crippen LogP contribution in [-0.2, 0) is 14.5 Å². The molecule has 2 rings (SSSR count). The first-order chi connectivity index (χ1) is 10.1. The summed E-state index contributed by atoms with van der Waals surface area (Å²) >= 11 is 12.2. The van der Waals surface area contributed by atoms with Crippen molar-refractivity contribution in [2.24, 2.45) is 0 Å². The van der Waals surface area contributed by atoms with Gasteiger partial charge in [-0.2, -0.15) is 0 Å². The maximum absolute atomic E-state index is 12.6. The Morgan fingerprint density at radius 1 is 0.857 bits per heavy atom. The Morgan fingerprint density at radius 3 is 1.67 bits per heavy atom. The summed E-state index contributed by atoms with van der Waals surface area (Å²) in [5.74, 6) is -1.11. The fraction of sp³-hybridized carbons (Fsp3) is 0.176. The smallest absolute Gasteiger partial charge is 0.228 e. The molecule has 4 heteroatoms. The monoisotopic (exact) mass is 320 g/mol. The average molecular weight is 321 g/mol. The van der Waals surface area contributed by atoms with E-state index in [9.17, 15) is 9.59 Å².